The summed E-state index contributed by atoms with van der Waals surface area (Å²) in [5.74, 6) is -0.931. The monoisotopic (exact) mass is 287 g/mol. The van der Waals surface area contributed by atoms with Crippen LogP contribution in [-0.2, 0) is 22.6 Å². The van der Waals surface area contributed by atoms with Gasteiger partial charge >= 0.3 is 6.18 Å². The van der Waals surface area contributed by atoms with Crippen LogP contribution in [0.2, 0.25) is 0 Å². The van der Waals surface area contributed by atoms with Gasteiger partial charge in [-0.15, -0.1) is 0 Å². The summed E-state index contributed by atoms with van der Waals surface area (Å²) < 4.78 is 42.1. The molecule has 1 unspecified atom stereocenters. The summed E-state index contributed by atoms with van der Waals surface area (Å²) in [7, 11) is 1.37. The lowest BCUT2D eigenvalue weighted by molar-refractivity contribution is -0.161. The van der Waals surface area contributed by atoms with Crippen LogP contribution in [0.4, 0.5) is 13.2 Å². The molecule has 1 atom stereocenters. The molecular formula is C14H16F3NO2. The van der Waals surface area contributed by atoms with Gasteiger partial charge < -0.3 is 9.64 Å². The smallest absolute Gasteiger partial charge is 0.371 e. The molecule has 110 valence electrons. The summed E-state index contributed by atoms with van der Waals surface area (Å²) in [5.41, 5.74) is 2.22. The Morgan fingerprint density at radius 3 is 2.65 bits per heavy atom. The van der Waals surface area contributed by atoms with Gasteiger partial charge in [0.2, 0.25) is 5.91 Å². The first-order chi connectivity index (χ1) is 9.35. The molecule has 6 heteroatoms. The van der Waals surface area contributed by atoms with E-state index in [4.69, 9.17) is 4.74 Å². The number of likely N-dealkylation sites (N-methyl/N-ethyl adjacent to an activating group) is 1. The molecule has 1 heterocycles. The van der Waals surface area contributed by atoms with Gasteiger partial charge in [0.25, 0.3) is 0 Å². The highest BCUT2D eigenvalue weighted by molar-refractivity contribution is 5.76. The molecule has 1 aromatic rings. The zero-order chi connectivity index (χ0) is 14.8. The molecule has 1 aliphatic rings. The topological polar surface area (TPSA) is 29.5 Å². The number of carbonyl (C=O) groups excluding carboxylic acids is 1. The SMILES string of the molecule is CN(CC1Cc2ccccc2CO1)C(=O)CC(F)(F)F. The van der Waals surface area contributed by atoms with Crippen molar-refractivity contribution >= 4 is 5.91 Å². The lowest BCUT2D eigenvalue weighted by atomic mass is 9.99. The van der Waals surface area contributed by atoms with Crippen molar-refractivity contribution in [2.24, 2.45) is 0 Å². The molecular weight excluding hydrogens is 271 g/mol. The third kappa shape index (κ3) is 3.96. The molecule has 0 bridgehead atoms. The van der Waals surface area contributed by atoms with Crippen molar-refractivity contribution < 1.29 is 22.7 Å². The minimum absolute atomic E-state index is 0.170. The maximum Gasteiger partial charge on any atom is 0.397 e. The Kier molecular flexibility index (Phi) is 4.32. The number of benzene rings is 1. The number of carbonyl (C=O) groups is 1. The predicted molar refractivity (Wildman–Crippen MR) is 67.0 cm³/mol. The van der Waals surface area contributed by atoms with Gasteiger partial charge in [-0.1, -0.05) is 24.3 Å². The molecule has 0 radical (unpaired) electrons. The summed E-state index contributed by atoms with van der Waals surface area (Å²) in [5, 5.41) is 0. The third-order valence-electron chi connectivity index (χ3n) is 3.30. The molecule has 2 rings (SSSR count). The number of hydrogen-bond acceptors (Lipinski definition) is 2. The van der Waals surface area contributed by atoms with Gasteiger partial charge in [-0.2, -0.15) is 13.2 Å². The standard InChI is InChI=1S/C14H16F3NO2/c1-18(13(19)7-14(15,16)17)8-12-6-10-4-2-3-5-11(10)9-20-12/h2-5,12H,6-9H2,1H3. The van der Waals surface area contributed by atoms with Crippen molar-refractivity contribution in [2.45, 2.75) is 31.7 Å². The number of fused-ring (bicyclic) bond motifs is 1. The quantitative estimate of drug-likeness (QED) is 0.855. The van der Waals surface area contributed by atoms with Gasteiger partial charge in [-0.05, 0) is 11.1 Å². The van der Waals surface area contributed by atoms with E-state index in [-0.39, 0.29) is 12.6 Å². The Balaban J connectivity index is 1.90. The van der Waals surface area contributed by atoms with Gasteiger partial charge in [-0.25, -0.2) is 0 Å². The van der Waals surface area contributed by atoms with Crippen LogP contribution >= 0.6 is 0 Å². The van der Waals surface area contributed by atoms with Crippen molar-refractivity contribution in [2.75, 3.05) is 13.6 Å². The van der Waals surface area contributed by atoms with Crippen molar-refractivity contribution in [1.82, 2.24) is 4.90 Å². The van der Waals surface area contributed by atoms with Gasteiger partial charge in [0, 0.05) is 20.0 Å². The van der Waals surface area contributed by atoms with Crippen LogP contribution in [0, 0.1) is 0 Å². The van der Waals surface area contributed by atoms with E-state index in [2.05, 4.69) is 0 Å². The van der Waals surface area contributed by atoms with E-state index in [1.165, 1.54) is 7.05 Å². The van der Waals surface area contributed by atoms with Crippen LogP contribution < -0.4 is 0 Å². The van der Waals surface area contributed by atoms with E-state index in [0.717, 1.165) is 16.0 Å². The van der Waals surface area contributed by atoms with Crippen LogP contribution in [0.5, 0.6) is 0 Å². The summed E-state index contributed by atoms with van der Waals surface area (Å²) in [6.45, 7) is 0.603. The van der Waals surface area contributed by atoms with Crippen LogP contribution in [0.3, 0.4) is 0 Å². The first-order valence-corrected chi connectivity index (χ1v) is 6.34. The van der Waals surface area contributed by atoms with E-state index in [1.54, 1.807) is 0 Å². The molecule has 0 fully saturated rings. The number of hydrogen-bond donors (Lipinski definition) is 0. The first-order valence-electron chi connectivity index (χ1n) is 6.34. The predicted octanol–water partition coefficient (Wildman–Crippen LogP) is 2.54. The van der Waals surface area contributed by atoms with E-state index >= 15 is 0 Å². The van der Waals surface area contributed by atoms with E-state index in [1.807, 2.05) is 24.3 Å². The zero-order valence-electron chi connectivity index (χ0n) is 11.1. The highest BCUT2D eigenvalue weighted by atomic mass is 19.4. The number of ether oxygens (including phenoxy) is 1. The van der Waals surface area contributed by atoms with E-state index in [0.29, 0.717) is 13.0 Å². The molecule has 0 aromatic heterocycles. The normalized spacial score (nSPS) is 18.5. The number of alkyl halides is 3. The molecule has 0 spiro atoms. The second-order valence-corrected chi connectivity index (χ2v) is 4.97. The Morgan fingerprint density at radius 2 is 2.00 bits per heavy atom. The lowest BCUT2D eigenvalue weighted by Crippen LogP contribution is -2.39. The molecule has 0 aliphatic carbocycles. The van der Waals surface area contributed by atoms with Crippen LogP contribution in [0.15, 0.2) is 24.3 Å². The van der Waals surface area contributed by atoms with Gasteiger partial charge in [0.15, 0.2) is 0 Å². The number of amides is 1. The third-order valence-corrected chi connectivity index (χ3v) is 3.30. The highest BCUT2D eigenvalue weighted by Crippen LogP contribution is 2.23. The Labute approximate surface area is 115 Å². The highest BCUT2D eigenvalue weighted by Gasteiger charge is 2.33. The molecule has 1 aromatic carbocycles. The van der Waals surface area contributed by atoms with Crippen molar-refractivity contribution in [3.8, 4) is 0 Å². The molecule has 0 saturated carbocycles. The summed E-state index contributed by atoms with van der Waals surface area (Å²) in [4.78, 5) is 12.5. The number of halogens is 3. The van der Waals surface area contributed by atoms with Gasteiger partial charge in [0.05, 0.1) is 12.7 Å². The van der Waals surface area contributed by atoms with E-state index < -0.39 is 18.5 Å². The fourth-order valence-electron chi connectivity index (χ4n) is 2.24. The van der Waals surface area contributed by atoms with Crippen LogP contribution in [0.1, 0.15) is 17.5 Å². The Morgan fingerprint density at radius 1 is 1.35 bits per heavy atom. The maximum atomic E-state index is 12.2. The second kappa shape index (κ2) is 5.83. The molecule has 3 nitrogen and oxygen atoms in total. The largest absolute Gasteiger partial charge is 0.397 e. The Hall–Kier alpha value is -1.56. The van der Waals surface area contributed by atoms with Gasteiger partial charge in [0.1, 0.15) is 6.42 Å². The minimum atomic E-state index is -4.47. The average molecular weight is 287 g/mol. The average Bonchev–Trinajstić information content (AvgIpc) is 2.36. The fourth-order valence-corrected chi connectivity index (χ4v) is 2.24. The Bertz CT molecular complexity index is 488. The molecule has 1 aliphatic heterocycles. The number of rotatable bonds is 3. The van der Waals surface area contributed by atoms with Crippen LogP contribution in [-0.4, -0.2) is 36.7 Å². The number of nitrogens with zero attached hydrogens (tertiary/aromatic N) is 1. The zero-order valence-corrected chi connectivity index (χ0v) is 11.1. The first kappa shape index (κ1) is 14.8. The molecule has 1 amide bonds. The lowest BCUT2D eigenvalue weighted by Gasteiger charge is -2.29. The summed E-state index contributed by atoms with van der Waals surface area (Å²) in [6, 6.07) is 7.77. The molecule has 0 N–H and O–H groups in total. The summed E-state index contributed by atoms with van der Waals surface area (Å²) >= 11 is 0. The molecule has 0 saturated heterocycles. The van der Waals surface area contributed by atoms with Crippen LogP contribution in [0.25, 0.3) is 0 Å². The fraction of sp³-hybridized carbons (Fsp3) is 0.500. The van der Waals surface area contributed by atoms with Crippen molar-refractivity contribution in [1.29, 1.82) is 0 Å². The van der Waals surface area contributed by atoms with E-state index in [9.17, 15) is 18.0 Å². The van der Waals surface area contributed by atoms with Crippen molar-refractivity contribution in [3.63, 3.8) is 0 Å². The maximum absolute atomic E-state index is 12.2. The summed E-state index contributed by atoms with van der Waals surface area (Å²) in [6.07, 6.45) is -5.54. The van der Waals surface area contributed by atoms with Crippen molar-refractivity contribution in [3.05, 3.63) is 35.4 Å². The molecule has 20 heavy (non-hydrogen) atoms. The van der Waals surface area contributed by atoms with Gasteiger partial charge in [-0.3, -0.25) is 4.79 Å². The second-order valence-electron chi connectivity index (χ2n) is 4.97. The minimum Gasteiger partial charge on any atom is -0.371 e.